The summed E-state index contributed by atoms with van der Waals surface area (Å²) in [6.07, 6.45) is 10.9. The monoisotopic (exact) mass is 1820 g/mol. The van der Waals surface area contributed by atoms with E-state index in [1.165, 1.54) is 47.5 Å². The largest absolute Gasteiger partial charge is 1.00 e. The van der Waals surface area contributed by atoms with Crippen molar-refractivity contribution in [1.29, 1.82) is 0 Å². The van der Waals surface area contributed by atoms with Crippen molar-refractivity contribution in [1.82, 2.24) is 0 Å². The summed E-state index contributed by atoms with van der Waals surface area (Å²) < 4.78 is 27.0. The Morgan fingerprint density at radius 3 is 1.13 bits per heavy atom. The van der Waals surface area contributed by atoms with E-state index in [1.54, 1.807) is 13.8 Å². The van der Waals surface area contributed by atoms with Crippen LogP contribution in [0.15, 0.2) is 252 Å². The van der Waals surface area contributed by atoms with Crippen molar-refractivity contribution in [3.63, 3.8) is 0 Å². The second-order valence-corrected chi connectivity index (χ2v) is 30.7. The number of carbonyl (C=O) groups excluding carboxylic acids is 5. The van der Waals surface area contributed by atoms with Gasteiger partial charge in [0, 0.05) is 57.8 Å². The average molecular weight is 1820 g/mol. The summed E-state index contributed by atoms with van der Waals surface area (Å²) in [6.45, 7) is 49.7. The smallest absolute Gasteiger partial charge is 0.333 e. The number of quaternary nitrogens is 6. The second-order valence-electron chi connectivity index (χ2n) is 30.4. The van der Waals surface area contributed by atoms with Gasteiger partial charge in [0.1, 0.15) is 84.9 Å². The van der Waals surface area contributed by atoms with E-state index >= 15 is 0 Å². The van der Waals surface area contributed by atoms with Gasteiger partial charge in [0.2, 0.25) is 5.91 Å². The predicted octanol–water partition coefficient (Wildman–Crippen LogP) is -7.02. The predicted molar refractivity (Wildman–Crippen MR) is 466 cm³/mol. The van der Waals surface area contributed by atoms with Crippen LogP contribution in [0.3, 0.4) is 0 Å². The Morgan fingerprint density at radius 1 is 0.437 bits per heavy atom. The molecule has 6 rings (SSSR count). The first-order valence-corrected chi connectivity index (χ1v) is 38.6. The SMILES string of the molecule is C=C(C)C(=O)OCC[N+](C)(C)C.C=C(C)C(=O)OCC[N+](C)(C)CC(O)CCl.C=CC(=O)Nc1ccccc1.C=CC(=O)OCC[N+](C)(C)CCO.C=CC(=O)OCC[N+](CC)(CC)Cc1ccccc1.C=Cc1cc[n+](Cc2ccccc2)cc1.C=Cc1ccccc1.CC[N+](C)(C)C.CC[N+](C)(C)Cc1ccccc1.[Cl-].[Cl-].[Cl-].[Cl-].[Cl-].[Cl-].[Cl-]. The number of amides is 1. The third kappa shape index (κ3) is 77.8. The molecule has 0 radical (unpaired) electrons. The normalized spacial score (nSPS) is 10.3. The fourth-order valence-electron chi connectivity index (χ4n) is 8.80. The molecule has 0 bridgehead atoms. The number of halogens is 8. The number of likely N-dealkylation sites (N-methyl/N-ethyl adjacent to an activating group) is 4. The number of hydrogen-bond acceptors (Lipinski definition) is 11. The molecule has 1 amide bonds. The summed E-state index contributed by atoms with van der Waals surface area (Å²) in [6, 6.07) is 54.9. The van der Waals surface area contributed by atoms with Gasteiger partial charge in [-0.3, -0.25) is 4.79 Å². The number of carbonyl (C=O) groups is 5. The van der Waals surface area contributed by atoms with Gasteiger partial charge in [0.25, 0.3) is 0 Å². The minimum Gasteiger partial charge on any atom is -1.00 e. The summed E-state index contributed by atoms with van der Waals surface area (Å²) >= 11 is 5.53. The Kier molecular flexibility index (Phi) is 85.6. The molecule has 0 saturated heterocycles. The van der Waals surface area contributed by atoms with Gasteiger partial charge in [-0.25, -0.2) is 23.7 Å². The first-order chi connectivity index (χ1) is 52.6. The highest BCUT2D eigenvalue weighted by Gasteiger charge is 2.25. The number of rotatable bonds is 35. The maximum Gasteiger partial charge on any atom is 0.333 e. The number of nitrogens with one attached hydrogen (secondary N) is 1. The van der Waals surface area contributed by atoms with E-state index in [0.717, 1.165) is 81.1 Å². The van der Waals surface area contributed by atoms with E-state index in [1.807, 2.05) is 113 Å². The first kappa shape index (κ1) is 132. The second kappa shape index (κ2) is 76.9. The number of benzene rings is 5. The maximum absolute atomic E-state index is 11.1. The molecule has 1 unspecified atom stereocenters. The molecule has 0 aliphatic carbocycles. The molecule has 27 heteroatoms. The molecule has 19 nitrogen and oxygen atoms in total. The summed E-state index contributed by atoms with van der Waals surface area (Å²) in [4.78, 5) is 54.5. The number of anilines is 1. The molecular weight excluding hydrogens is 1680 g/mol. The van der Waals surface area contributed by atoms with Gasteiger partial charge in [0.15, 0.2) is 18.9 Å². The maximum atomic E-state index is 11.1. The highest BCUT2D eigenvalue weighted by molar-refractivity contribution is 6.18. The Labute approximate surface area is 766 Å². The van der Waals surface area contributed by atoms with Gasteiger partial charge >= 0.3 is 23.9 Å². The lowest BCUT2D eigenvalue weighted by molar-refractivity contribution is -0.937. The van der Waals surface area contributed by atoms with E-state index in [0.29, 0.717) is 72.7 Å². The van der Waals surface area contributed by atoms with E-state index < -0.39 is 12.1 Å². The Balaban J connectivity index is -0.000000141. The highest BCUT2D eigenvalue weighted by Crippen LogP contribution is 2.15. The van der Waals surface area contributed by atoms with Crippen LogP contribution in [-0.2, 0) is 62.6 Å². The minimum atomic E-state index is -0.534. The standard InChI is InChI=1S/C16H24NO2.C14H14N.C11H21ClNO3.C11H18N.C9H18NO3.C9H18NO2.C9H9NO.C8H8.C5H14N.7ClH/c1-4-16(18)19-13-12-17(5-2,6-3)14-15-10-8-7-9-11-15;1-2-13-8-10-15(11-9-13)12-14-6-4-3-5-7-14;1-9(2)11(15)16-6-5-13(3,4)8-10(14)7-12;1-4-12(2,3)10-11-8-6-5-7-9-11;1-4-9(12)13-8-6-10(2,3)5-7-11;1-8(2)9(11)12-7-6-10(3,4)5;1-2-9(11)10-8-6-4-3-5-7-8;1-2-8-6-4-3-5-7-8;1-5-6(2,3)4;;;;;;;/h4,7-11H,1,5-6,12-14H2,2-3H3;2-11H,1,12H2;10,14H,1,5-8H2,2-4H3;5-9H,4,10H2,1-3H3;4,11H,1,5-8H2,2-3H3;1,6-7H2,2-5H3;2-7H,1H2,(H,10,11);2-7H,1H2;5H2,1-4H3;7*1H/q6*+1;;;+1;;;;;;;/p-7. The Morgan fingerprint density at radius 2 is 0.790 bits per heavy atom. The highest BCUT2D eigenvalue weighted by atomic mass is 35.5. The van der Waals surface area contributed by atoms with Crippen molar-refractivity contribution in [2.75, 3.05) is 194 Å². The van der Waals surface area contributed by atoms with Crippen molar-refractivity contribution in [3.05, 3.63) is 279 Å². The quantitative estimate of drug-likeness (QED) is 0.00862. The number of nitrogens with zero attached hydrogens (tertiary/aromatic N) is 7. The molecule has 0 aliphatic rings. The van der Waals surface area contributed by atoms with Crippen LogP contribution in [-0.4, -0.2) is 262 Å². The average Bonchev–Trinajstić information content (AvgIpc) is 0.856. The van der Waals surface area contributed by atoms with Gasteiger partial charge < -0.3 is 148 Å². The first-order valence-electron chi connectivity index (χ1n) is 38.0. The number of para-hydroxylation sites is 1. The molecule has 674 valence electrons. The number of pyridine rings is 1. The van der Waals surface area contributed by atoms with Crippen LogP contribution in [0.4, 0.5) is 5.69 Å². The lowest BCUT2D eigenvalue weighted by Crippen LogP contribution is -3.00. The van der Waals surface area contributed by atoms with Crippen molar-refractivity contribution >= 4 is 59.2 Å². The molecule has 0 aliphatic heterocycles. The zero-order chi connectivity index (χ0) is 85.7. The van der Waals surface area contributed by atoms with Gasteiger partial charge in [-0.1, -0.05) is 198 Å². The zero-order valence-corrected chi connectivity index (χ0v) is 80.4. The van der Waals surface area contributed by atoms with Crippen molar-refractivity contribution < 1.29 is 171 Å². The van der Waals surface area contributed by atoms with E-state index in [9.17, 15) is 29.1 Å². The lowest BCUT2D eigenvalue weighted by atomic mass is 10.2. The lowest BCUT2D eigenvalue weighted by Gasteiger charge is -2.36. The molecule has 6 aromatic rings. The molecule has 0 saturated carbocycles. The molecule has 1 aromatic heterocycles. The van der Waals surface area contributed by atoms with Gasteiger partial charge in [-0.05, 0) is 70.9 Å². The van der Waals surface area contributed by atoms with Crippen LogP contribution in [0.25, 0.3) is 12.2 Å². The summed E-state index contributed by atoms with van der Waals surface area (Å²) in [5, 5.41) is 20.8. The summed E-state index contributed by atoms with van der Waals surface area (Å²) in [5.74, 6) is -1.39. The molecule has 119 heavy (non-hydrogen) atoms. The third-order valence-electron chi connectivity index (χ3n) is 16.9. The summed E-state index contributed by atoms with van der Waals surface area (Å²) in [7, 11) is 25.0. The molecule has 1 heterocycles. The van der Waals surface area contributed by atoms with Crippen LogP contribution in [0, 0.1) is 0 Å². The number of esters is 4. The third-order valence-corrected chi connectivity index (χ3v) is 17.2. The summed E-state index contributed by atoms with van der Waals surface area (Å²) in [5.41, 5.74) is 8.02. The Bertz CT molecular complexity index is 3590. The number of ether oxygens (including phenoxy) is 4. The number of hydrogen-bond donors (Lipinski definition) is 3. The molecule has 3 N–H and O–H groups in total. The zero-order valence-electron chi connectivity index (χ0n) is 74.3. The fourth-order valence-corrected chi connectivity index (χ4v) is 8.90. The minimum absolute atomic E-state index is 0. The van der Waals surface area contributed by atoms with E-state index in [-0.39, 0.29) is 123 Å². The number of aromatic nitrogens is 1. The number of aliphatic hydroxyl groups excluding tert-OH is 2. The topological polar surface area (TPSA) is 179 Å². The molecule has 0 fully saturated rings. The van der Waals surface area contributed by atoms with Crippen LogP contribution in [0.5, 0.6) is 0 Å². The van der Waals surface area contributed by atoms with Gasteiger partial charge in [-0.2, -0.15) is 0 Å². The number of alkyl halides is 1. The van der Waals surface area contributed by atoms with Crippen molar-refractivity contribution in [3.8, 4) is 0 Å². The van der Waals surface area contributed by atoms with Crippen LogP contribution in [0.2, 0.25) is 0 Å². The van der Waals surface area contributed by atoms with Crippen LogP contribution < -0.4 is 96.7 Å². The molecular formula is C92H144Cl8N8O11. The fraction of sp³-hybridized carbons (Fsp3) is 0.413. The van der Waals surface area contributed by atoms with Crippen molar-refractivity contribution in [2.45, 2.75) is 67.3 Å². The molecule has 1 atom stereocenters. The molecule has 5 aromatic carbocycles. The van der Waals surface area contributed by atoms with Crippen LogP contribution >= 0.6 is 11.6 Å². The van der Waals surface area contributed by atoms with E-state index in [4.69, 9.17) is 35.7 Å². The molecule has 0 spiro atoms. The van der Waals surface area contributed by atoms with E-state index in [2.05, 4.69) is 243 Å². The van der Waals surface area contributed by atoms with Crippen molar-refractivity contribution in [2.24, 2.45) is 0 Å². The van der Waals surface area contributed by atoms with Gasteiger partial charge in [-0.15, -0.1) is 11.6 Å². The van der Waals surface area contributed by atoms with Gasteiger partial charge in [0.05, 0.1) is 123 Å². The number of aliphatic hydroxyl groups is 2. The Hall–Kier alpha value is -7.22. The van der Waals surface area contributed by atoms with Crippen LogP contribution in [0.1, 0.15) is 69.4 Å².